The minimum absolute atomic E-state index is 0.275. The first-order chi connectivity index (χ1) is 10.8. The molecule has 1 aromatic rings. The molecule has 3 rings (SSSR count). The van der Waals surface area contributed by atoms with Crippen LogP contribution in [0.15, 0.2) is 0 Å². The Morgan fingerprint density at radius 1 is 1.21 bits per heavy atom. The van der Waals surface area contributed by atoms with Gasteiger partial charge in [-0.05, 0) is 27.7 Å². The summed E-state index contributed by atoms with van der Waals surface area (Å²) in [5.41, 5.74) is 0.556. The molecule has 0 aliphatic heterocycles. The Morgan fingerprint density at radius 2 is 1.75 bits per heavy atom. The van der Waals surface area contributed by atoms with Crippen LogP contribution in [0.2, 0.25) is 0 Å². The second kappa shape index (κ2) is 4.95. The molecule has 2 fully saturated rings. The first kappa shape index (κ1) is 17.2. The fourth-order valence-corrected chi connectivity index (χ4v) is 3.09. The van der Waals surface area contributed by atoms with Crippen molar-refractivity contribution < 1.29 is 22.4 Å². The molecule has 4 nitrogen and oxygen atoms in total. The van der Waals surface area contributed by atoms with Crippen molar-refractivity contribution in [3.8, 4) is 0 Å². The highest BCUT2D eigenvalue weighted by Gasteiger charge is 2.61. The van der Waals surface area contributed by atoms with Gasteiger partial charge in [0.05, 0.1) is 11.2 Å². The molecule has 1 atom stereocenters. The summed E-state index contributed by atoms with van der Waals surface area (Å²) in [6.07, 6.45) is -1.00. The normalized spacial score (nSPS) is 25.2. The Balaban J connectivity index is 1.89. The van der Waals surface area contributed by atoms with E-state index >= 15 is 0 Å². The molecule has 2 aliphatic rings. The molecular formula is C16H21F4N3O. The van der Waals surface area contributed by atoms with Crippen molar-refractivity contribution in [2.75, 3.05) is 5.32 Å². The molecule has 1 heterocycles. The first-order valence-corrected chi connectivity index (χ1v) is 7.98. The number of nitrogens with one attached hydrogen (secondary N) is 1. The second-order valence-electron chi connectivity index (χ2n) is 7.91. The Kier molecular flexibility index (Phi) is 3.56. The van der Waals surface area contributed by atoms with Gasteiger partial charge in [0, 0.05) is 30.7 Å². The third-order valence-electron chi connectivity index (χ3n) is 4.66. The van der Waals surface area contributed by atoms with Gasteiger partial charge in [-0.25, -0.2) is 22.2 Å². The highest BCUT2D eigenvalue weighted by atomic mass is 19.3. The average molecular weight is 347 g/mol. The number of carbonyl (C=O) groups is 1. The van der Waals surface area contributed by atoms with Crippen LogP contribution in [0.1, 0.15) is 57.2 Å². The fourth-order valence-electron chi connectivity index (χ4n) is 3.09. The van der Waals surface area contributed by atoms with Crippen molar-refractivity contribution in [1.82, 2.24) is 9.78 Å². The number of rotatable bonds is 3. The van der Waals surface area contributed by atoms with Crippen molar-refractivity contribution in [2.45, 2.75) is 70.3 Å². The molecule has 0 aromatic carbocycles. The maximum atomic E-state index is 13.2. The van der Waals surface area contributed by atoms with Crippen molar-refractivity contribution in [3.63, 3.8) is 0 Å². The van der Waals surface area contributed by atoms with Crippen LogP contribution in [0.4, 0.5) is 23.4 Å². The number of nitrogens with zero attached hydrogens (tertiary/aromatic N) is 2. The van der Waals surface area contributed by atoms with E-state index in [0.29, 0.717) is 17.1 Å². The summed E-state index contributed by atoms with van der Waals surface area (Å²) in [6, 6.07) is 0. The molecule has 24 heavy (non-hydrogen) atoms. The summed E-state index contributed by atoms with van der Waals surface area (Å²) in [6.45, 7) is 7.22. The van der Waals surface area contributed by atoms with Gasteiger partial charge in [0.1, 0.15) is 11.7 Å². The lowest BCUT2D eigenvalue weighted by atomic mass is 9.78. The van der Waals surface area contributed by atoms with Gasteiger partial charge in [-0.2, -0.15) is 5.10 Å². The van der Waals surface area contributed by atoms with Crippen LogP contribution in [0.3, 0.4) is 0 Å². The summed E-state index contributed by atoms with van der Waals surface area (Å²) in [5.74, 6) is -7.76. The van der Waals surface area contributed by atoms with Crippen LogP contribution in [0.25, 0.3) is 0 Å². The Morgan fingerprint density at radius 3 is 2.17 bits per heavy atom. The maximum absolute atomic E-state index is 13.2. The van der Waals surface area contributed by atoms with Gasteiger partial charge >= 0.3 is 0 Å². The third-order valence-corrected chi connectivity index (χ3v) is 4.66. The smallest absolute Gasteiger partial charge is 0.260 e. The number of aromatic nitrogens is 2. The van der Waals surface area contributed by atoms with Gasteiger partial charge < -0.3 is 5.32 Å². The van der Waals surface area contributed by atoms with E-state index in [4.69, 9.17) is 0 Å². The SMILES string of the molecule is Cc1c(C2CC(F)(F)C2)nn(C(C)(C)C)c1NC(=O)[C@H]1CC1(F)F. The Hall–Kier alpha value is -1.60. The van der Waals surface area contributed by atoms with Gasteiger partial charge in [0.25, 0.3) is 5.92 Å². The lowest BCUT2D eigenvalue weighted by Gasteiger charge is -2.34. The molecular weight excluding hydrogens is 326 g/mol. The highest BCUT2D eigenvalue weighted by Crippen LogP contribution is 2.51. The summed E-state index contributed by atoms with van der Waals surface area (Å²) < 4.78 is 54.1. The van der Waals surface area contributed by atoms with Crippen LogP contribution in [-0.2, 0) is 10.3 Å². The zero-order valence-corrected chi connectivity index (χ0v) is 14.1. The Bertz CT molecular complexity index is 682. The van der Waals surface area contributed by atoms with E-state index in [9.17, 15) is 22.4 Å². The Labute approximate surface area is 137 Å². The molecule has 134 valence electrons. The predicted molar refractivity (Wildman–Crippen MR) is 80.6 cm³/mol. The minimum atomic E-state index is -2.95. The van der Waals surface area contributed by atoms with Gasteiger partial charge in [0.15, 0.2) is 0 Å². The monoisotopic (exact) mass is 347 g/mol. The molecule has 2 aliphatic carbocycles. The van der Waals surface area contributed by atoms with Crippen LogP contribution >= 0.6 is 0 Å². The molecule has 1 aromatic heterocycles. The van der Waals surface area contributed by atoms with Crippen molar-refractivity contribution in [3.05, 3.63) is 11.3 Å². The molecule has 0 bridgehead atoms. The third kappa shape index (κ3) is 2.91. The number of hydrogen-bond donors (Lipinski definition) is 1. The molecule has 0 radical (unpaired) electrons. The van der Waals surface area contributed by atoms with Crippen LogP contribution in [-0.4, -0.2) is 27.5 Å². The minimum Gasteiger partial charge on any atom is -0.310 e. The number of halogens is 4. The average Bonchev–Trinajstić information content (AvgIpc) is 2.89. The van der Waals surface area contributed by atoms with Gasteiger partial charge in [0.2, 0.25) is 11.8 Å². The van der Waals surface area contributed by atoms with Gasteiger partial charge in [-0.15, -0.1) is 0 Å². The molecule has 2 saturated carbocycles. The molecule has 8 heteroatoms. The number of hydrogen-bond acceptors (Lipinski definition) is 2. The lowest BCUT2D eigenvalue weighted by Crippen LogP contribution is -2.34. The molecule has 1 N–H and O–H groups in total. The standard InChI is InChI=1S/C16H21F4N3O/c1-8-11(9-5-15(17,18)6-9)22-23(14(2,3)4)12(8)21-13(24)10-7-16(10,19)20/h9-10H,5-7H2,1-4H3,(H,21,24)/t10-/m1/s1. The van der Waals surface area contributed by atoms with Crippen LogP contribution in [0, 0.1) is 12.8 Å². The van der Waals surface area contributed by atoms with Crippen molar-refractivity contribution in [2.24, 2.45) is 5.92 Å². The van der Waals surface area contributed by atoms with Gasteiger partial charge in [-0.3, -0.25) is 4.79 Å². The summed E-state index contributed by atoms with van der Waals surface area (Å²) in [4.78, 5) is 12.0. The number of anilines is 1. The van der Waals surface area contributed by atoms with E-state index in [1.165, 1.54) is 4.68 Å². The summed E-state index contributed by atoms with van der Waals surface area (Å²) >= 11 is 0. The van der Waals surface area contributed by atoms with E-state index in [-0.39, 0.29) is 18.8 Å². The van der Waals surface area contributed by atoms with Crippen molar-refractivity contribution in [1.29, 1.82) is 0 Å². The zero-order valence-electron chi connectivity index (χ0n) is 14.1. The summed E-state index contributed by atoms with van der Waals surface area (Å²) in [5, 5.41) is 6.96. The van der Waals surface area contributed by atoms with E-state index < -0.39 is 35.6 Å². The van der Waals surface area contributed by atoms with E-state index in [0.717, 1.165) is 0 Å². The van der Waals surface area contributed by atoms with E-state index in [1.54, 1.807) is 6.92 Å². The maximum Gasteiger partial charge on any atom is 0.260 e. The number of carbonyl (C=O) groups excluding carboxylic acids is 1. The van der Waals surface area contributed by atoms with E-state index in [1.807, 2.05) is 20.8 Å². The van der Waals surface area contributed by atoms with Crippen LogP contribution < -0.4 is 5.32 Å². The van der Waals surface area contributed by atoms with Gasteiger partial charge in [-0.1, -0.05) is 0 Å². The van der Waals surface area contributed by atoms with E-state index in [2.05, 4.69) is 10.4 Å². The fraction of sp³-hybridized carbons (Fsp3) is 0.750. The first-order valence-electron chi connectivity index (χ1n) is 7.98. The number of alkyl halides is 4. The highest BCUT2D eigenvalue weighted by molar-refractivity contribution is 5.95. The lowest BCUT2D eigenvalue weighted by molar-refractivity contribution is -0.119. The zero-order chi connectivity index (χ0) is 18.1. The van der Waals surface area contributed by atoms with Crippen LogP contribution in [0.5, 0.6) is 0 Å². The molecule has 1 amide bonds. The quantitative estimate of drug-likeness (QED) is 0.839. The van der Waals surface area contributed by atoms with Crippen molar-refractivity contribution >= 4 is 11.7 Å². The molecule has 0 saturated heterocycles. The second-order valence-corrected chi connectivity index (χ2v) is 7.91. The number of amides is 1. The topological polar surface area (TPSA) is 46.9 Å². The molecule has 0 unspecified atom stereocenters. The molecule has 0 spiro atoms. The largest absolute Gasteiger partial charge is 0.310 e. The predicted octanol–water partition coefficient (Wildman–Crippen LogP) is 4.05. The summed E-state index contributed by atoms with van der Waals surface area (Å²) in [7, 11) is 0.